The molecule has 0 bridgehead atoms. The number of H-pyrrole nitrogens is 1. The third-order valence-corrected chi connectivity index (χ3v) is 4.50. The van der Waals surface area contributed by atoms with Gasteiger partial charge in [-0.25, -0.2) is 4.39 Å². The minimum atomic E-state index is -0.462. The summed E-state index contributed by atoms with van der Waals surface area (Å²) < 4.78 is 19.1. The molecule has 27 heavy (non-hydrogen) atoms. The van der Waals surface area contributed by atoms with Crippen molar-refractivity contribution in [1.82, 2.24) is 15.2 Å². The largest absolute Gasteiger partial charge is 0.494 e. The molecular formula is C19H19FN4O2S. The van der Waals surface area contributed by atoms with Gasteiger partial charge in [0.25, 0.3) is 0 Å². The van der Waals surface area contributed by atoms with Crippen molar-refractivity contribution in [2.45, 2.75) is 19.0 Å². The zero-order valence-electron chi connectivity index (χ0n) is 15.0. The van der Waals surface area contributed by atoms with Crippen LogP contribution in [0.5, 0.6) is 5.75 Å². The molecule has 1 aromatic heterocycles. The molecule has 2 N–H and O–H groups in total. The normalized spacial score (nSPS) is 10.6. The Labute approximate surface area is 160 Å². The zero-order valence-corrected chi connectivity index (χ0v) is 15.8. The SMILES string of the molecule is CCOc1ccc(-c2nnc(SCC(=O)Nc3cc(C)ccc3F)[nH]2)cc1. The first kappa shape index (κ1) is 18.9. The topological polar surface area (TPSA) is 79.9 Å². The van der Waals surface area contributed by atoms with Crippen molar-refractivity contribution in [3.63, 3.8) is 0 Å². The number of hydrogen-bond acceptors (Lipinski definition) is 5. The van der Waals surface area contributed by atoms with Crippen molar-refractivity contribution >= 4 is 23.4 Å². The number of nitrogens with one attached hydrogen (secondary N) is 2. The van der Waals surface area contributed by atoms with E-state index in [-0.39, 0.29) is 17.3 Å². The number of carbonyl (C=O) groups is 1. The van der Waals surface area contributed by atoms with E-state index in [0.29, 0.717) is 17.6 Å². The molecule has 140 valence electrons. The van der Waals surface area contributed by atoms with Crippen LogP contribution >= 0.6 is 11.8 Å². The molecule has 6 nitrogen and oxygen atoms in total. The Morgan fingerprint density at radius 2 is 2.00 bits per heavy atom. The predicted molar refractivity (Wildman–Crippen MR) is 103 cm³/mol. The smallest absolute Gasteiger partial charge is 0.234 e. The van der Waals surface area contributed by atoms with E-state index in [4.69, 9.17) is 4.74 Å². The van der Waals surface area contributed by atoms with E-state index in [2.05, 4.69) is 20.5 Å². The average molecular weight is 386 g/mol. The molecule has 3 rings (SSSR count). The van der Waals surface area contributed by atoms with Gasteiger partial charge in [-0.2, -0.15) is 0 Å². The Morgan fingerprint density at radius 1 is 1.22 bits per heavy atom. The van der Waals surface area contributed by atoms with Gasteiger partial charge in [-0.3, -0.25) is 4.79 Å². The van der Waals surface area contributed by atoms with Gasteiger partial charge >= 0.3 is 0 Å². The number of hydrogen-bond donors (Lipinski definition) is 2. The van der Waals surface area contributed by atoms with Crippen molar-refractivity contribution in [3.8, 4) is 17.1 Å². The second kappa shape index (κ2) is 8.68. The Morgan fingerprint density at radius 3 is 2.74 bits per heavy atom. The third-order valence-electron chi connectivity index (χ3n) is 3.64. The highest BCUT2D eigenvalue weighted by molar-refractivity contribution is 7.99. The Hall–Kier alpha value is -2.87. The van der Waals surface area contributed by atoms with E-state index >= 15 is 0 Å². The number of ether oxygens (including phenoxy) is 1. The standard InChI is InChI=1S/C19H19FN4O2S/c1-3-26-14-7-5-13(6-8-14)18-22-19(24-23-18)27-11-17(25)21-16-10-12(2)4-9-15(16)20/h4-10H,3,11H2,1-2H3,(H,21,25)(H,22,23,24). The van der Waals surface area contributed by atoms with Crippen LogP contribution in [-0.4, -0.2) is 33.4 Å². The lowest BCUT2D eigenvalue weighted by Gasteiger charge is -2.06. The molecule has 0 fully saturated rings. The van der Waals surface area contributed by atoms with E-state index < -0.39 is 5.82 Å². The fraction of sp³-hybridized carbons (Fsp3) is 0.211. The van der Waals surface area contributed by atoms with Gasteiger partial charge in [0.15, 0.2) is 11.0 Å². The van der Waals surface area contributed by atoms with Crippen LogP contribution in [0, 0.1) is 12.7 Å². The Bertz CT molecular complexity index is 928. The maximum absolute atomic E-state index is 13.7. The molecular weight excluding hydrogens is 367 g/mol. The van der Waals surface area contributed by atoms with Crippen LogP contribution in [0.2, 0.25) is 0 Å². The molecule has 3 aromatic rings. The second-order valence-corrected chi connectivity index (χ2v) is 6.72. The summed E-state index contributed by atoms with van der Waals surface area (Å²) in [5.74, 6) is 0.701. The Balaban J connectivity index is 1.57. The molecule has 0 aliphatic carbocycles. The molecule has 0 radical (unpaired) electrons. The summed E-state index contributed by atoms with van der Waals surface area (Å²) in [4.78, 5) is 15.1. The van der Waals surface area contributed by atoms with Crippen LogP contribution in [-0.2, 0) is 4.79 Å². The van der Waals surface area contributed by atoms with E-state index in [1.54, 1.807) is 12.1 Å². The second-order valence-electron chi connectivity index (χ2n) is 5.76. The quantitative estimate of drug-likeness (QED) is 0.599. The summed E-state index contributed by atoms with van der Waals surface area (Å²) in [5.41, 5.74) is 1.91. The Kier molecular flexibility index (Phi) is 6.08. The van der Waals surface area contributed by atoms with Crippen molar-refractivity contribution in [1.29, 1.82) is 0 Å². The van der Waals surface area contributed by atoms with Crippen molar-refractivity contribution < 1.29 is 13.9 Å². The number of carbonyl (C=O) groups excluding carboxylic acids is 1. The third kappa shape index (κ3) is 5.07. The van der Waals surface area contributed by atoms with Gasteiger partial charge in [-0.15, -0.1) is 10.2 Å². The number of nitrogens with zero attached hydrogens (tertiary/aromatic N) is 2. The number of amides is 1. The summed E-state index contributed by atoms with van der Waals surface area (Å²) in [6.07, 6.45) is 0. The van der Waals surface area contributed by atoms with E-state index in [9.17, 15) is 9.18 Å². The van der Waals surface area contributed by atoms with Crippen LogP contribution < -0.4 is 10.1 Å². The summed E-state index contributed by atoms with van der Waals surface area (Å²) in [5, 5.41) is 11.2. The van der Waals surface area contributed by atoms with Gasteiger partial charge in [0.2, 0.25) is 5.91 Å². The highest BCUT2D eigenvalue weighted by atomic mass is 32.2. The number of halogens is 1. The van der Waals surface area contributed by atoms with Gasteiger partial charge in [0.05, 0.1) is 18.0 Å². The molecule has 0 unspecified atom stereocenters. The first-order valence-corrected chi connectivity index (χ1v) is 9.38. The lowest BCUT2D eigenvalue weighted by atomic mass is 10.2. The van der Waals surface area contributed by atoms with Gasteiger partial charge in [-0.1, -0.05) is 17.8 Å². The lowest BCUT2D eigenvalue weighted by Crippen LogP contribution is -2.15. The van der Waals surface area contributed by atoms with Crippen molar-refractivity contribution in [3.05, 3.63) is 53.8 Å². The molecule has 1 heterocycles. The van der Waals surface area contributed by atoms with Crippen molar-refractivity contribution in [2.75, 3.05) is 17.7 Å². The summed E-state index contributed by atoms with van der Waals surface area (Å²) in [6.45, 7) is 4.37. The fourth-order valence-electron chi connectivity index (χ4n) is 2.37. The number of aryl methyl sites for hydroxylation is 1. The van der Waals surface area contributed by atoms with Gasteiger partial charge in [0, 0.05) is 5.56 Å². The van der Waals surface area contributed by atoms with E-state index in [1.165, 1.54) is 17.8 Å². The van der Waals surface area contributed by atoms with Crippen LogP contribution in [0.1, 0.15) is 12.5 Å². The number of rotatable bonds is 7. The van der Waals surface area contributed by atoms with Crippen LogP contribution in [0.4, 0.5) is 10.1 Å². The van der Waals surface area contributed by atoms with Crippen LogP contribution in [0.25, 0.3) is 11.4 Å². The number of benzene rings is 2. The number of anilines is 1. The number of aromatic amines is 1. The maximum Gasteiger partial charge on any atom is 0.234 e. The molecule has 0 aliphatic rings. The molecule has 2 aromatic carbocycles. The zero-order chi connectivity index (χ0) is 19.2. The average Bonchev–Trinajstić information content (AvgIpc) is 3.13. The van der Waals surface area contributed by atoms with Gasteiger partial charge in [-0.05, 0) is 55.8 Å². The number of aromatic nitrogens is 3. The van der Waals surface area contributed by atoms with Gasteiger partial charge < -0.3 is 15.0 Å². The maximum atomic E-state index is 13.7. The fourth-order valence-corrected chi connectivity index (χ4v) is 2.98. The predicted octanol–water partition coefficient (Wildman–Crippen LogP) is 4.05. The highest BCUT2D eigenvalue weighted by Gasteiger charge is 2.11. The lowest BCUT2D eigenvalue weighted by molar-refractivity contribution is -0.113. The molecule has 0 spiro atoms. The first-order chi connectivity index (χ1) is 13.0. The number of thioether (sulfide) groups is 1. The van der Waals surface area contributed by atoms with E-state index in [0.717, 1.165) is 16.9 Å². The molecule has 0 saturated carbocycles. The van der Waals surface area contributed by atoms with Crippen molar-refractivity contribution in [2.24, 2.45) is 0 Å². The molecule has 0 saturated heterocycles. The minimum absolute atomic E-state index is 0.0886. The van der Waals surface area contributed by atoms with E-state index in [1.807, 2.05) is 38.1 Å². The summed E-state index contributed by atoms with van der Waals surface area (Å²) in [6, 6.07) is 12.1. The van der Waals surface area contributed by atoms with Crippen LogP contribution in [0.3, 0.4) is 0 Å². The summed E-state index contributed by atoms with van der Waals surface area (Å²) >= 11 is 1.20. The minimum Gasteiger partial charge on any atom is -0.494 e. The molecule has 0 aliphatic heterocycles. The summed E-state index contributed by atoms with van der Waals surface area (Å²) in [7, 11) is 0. The molecule has 8 heteroatoms. The van der Waals surface area contributed by atoms with Crippen LogP contribution in [0.15, 0.2) is 47.6 Å². The molecule has 1 amide bonds. The first-order valence-electron chi connectivity index (χ1n) is 8.40. The van der Waals surface area contributed by atoms with Gasteiger partial charge in [0.1, 0.15) is 11.6 Å². The monoisotopic (exact) mass is 386 g/mol. The molecule has 0 atom stereocenters. The highest BCUT2D eigenvalue weighted by Crippen LogP contribution is 2.22.